The van der Waals surface area contributed by atoms with Crippen LogP contribution in [-0.4, -0.2) is 42.2 Å². The van der Waals surface area contributed by atoms with E-state index in [9.17, 15) is 19.8 Å². The number of rotatable bonds is 10. The Balaban J connectivity index is 1.60. The van der Waals surface area contributed by atoms with E-state index in [0.717, 1.165) is 24.0 Å². The van der Waals surface area contributed by atoms with Crippen molar-refractivity contribution in [2.75, 3.05) is 20.2 Å². The Morgan fingerprint density at radius 1 is 0.867 bits per heavy atom. The van der Waals surface area contributed by atoms with Crippen LogP contribution in [0.15, 0.2) is 54.6 Å². The molecule has 2 rings (SSSR count). The summed E-state index contributed by atoms with van der Waals surface area (Å²) in [4.78, 5) is 23.6. The first kappa shape index (κ1) is 22.5. The number of unbranched alkanes of at least 4 members (excludes halogenated alkanes) is 1. The van der Waals surface area contributed by atoms with Crippen molar-refractivity contribution in [2.24, 2.45) is 0 Å². The Bertz CT molecular complexity index is 904. The Morgan fingerprint density at radius 3 is 1.97 bits per heavy atom. The largest absolute Gasteiger partial charge is 0.508 e. The number of carbonyl (C=O) groups excluding carboxylic acids is 2. The third-order valence-corrected chi connectivity index (χ3v) is 4.15. The average molecular weight is 410 g/mol. The van der Waals surface area contributed by atoms with Gasteiger partial charge in [0.2, 0.25) is 11.8 Å². The zero-order valence-corrected chi connectivity index (χ0v) is 16.8. The number of benzene rings is 2. The molecule has 0 fully saturated rings. The molecule has 158 valence electrons. The smallest absolute Gasteiger partial charge is 0.243 e. The Morgan fingerprint density at radius 2 is 1.40 bits per heavy atom. The van der Waals surface area contributed by atoms with Gasteiger partial charge in [0, 0.05) is 25.2 Å². The molecule has 0 unspecified atom stereocenters. The lowest BCUT2D eigenvalue weighted by atomic mass is 10.2. The van der Waals surface area contributed by atoms with Crippen LogP contribution in [0.3, 0.4) is 0 Å². The van der Waals surface area contributed by atoms with Gasteiger partial charge >= 0.3 is 0 Å². The first-order chi connectivity index (χ1) is 14.5. The van der Waals surface area contributed by atoms with E-state index in [-0.39, 0.29) is 23.3 Å². The average Bonchev–Trinajstić information content (AvgIpc) is 2.75. The lowest BCUT2D eigenvalue weighted by Crippen LogP contribution is -2.25. The molecule has 0 heterocycles. The minimum absolute atomic E-state index is 0.0436. The summed E-state index contributed by atoms with van der Waals surface area (Å²) < 4.78 is 5.03. The highest BCUT2D eigenvalue weighted by atomic mass is 16.5. The molecule has 2 aromatic rings. The minimum Gasteiger partial charge on any atom is -0.508 e. The van der Waals surface area contributed by atoms with Gasteiger partial charge in [0.25, 0.3) is 0 Å². The number of carbonyl (C=O) groups is 2. The summed E-state index contributed by atoms with van der Waals surface area (Å²) in [5, 5.41) is 24.3. The van der Waals surface area contributed by atoms with Gasteiger partial charge in [0.05, 0.1) is 7.11 Å². The Hall–Kier alpha value is -3.74. The molecular formula is C23H26N2O5. The molecular weight excluding hydrogens is 384 g/mol. The second-order valence-corrected chi connectivity index (χ2v) is 6.48. The molecule has 0 aliphatic heterocycles. The highest BCUT2D eigenvalue weighted by Gasteiger charge is 2.01. The van der Waals surface area contributed by atoms with E-state index in [0.29, 0.717) is 18.8 Å². The highest BCUT2D eigenvalue weighted by molar-refractivity contribution is 5.92. The summed E-state index contributed by atoms with van der Waals surface area (Å²) in [6.07, 6.45) is 7.63. The normalized spacial score (nSPS) is 11.0. The molecule has 0 saturated heterocycles. The molecule has 0 aliphatic carbocycles. The first-order valence-electron chi connectivity index (χ1n) is 9.56. The van der Waals surface area contributed by atoms with Crippen LogP contribution in [0.1, 0.15) is 24.0 Å². The van der Waals surface area contributed by atoms with Crippen LogP contribution in [0.25, 0.3) is 12.2 Å². The molecule has 0 saturated carbocycles. The number of hydrogen-bond donors (Lipinski definition) is 4. The van der Waals surface area contributed by atoms with Crippen molar-refractivity contribution >= 4 is 24.0 Å². The molecule has 0 radical (unpaired) electrons. The van der Waals surface area contributed by atoms with Crippen LogP contribution in [0.5, 0.6) is 17.2 Å². The summed E-state index contributed by atoms with van der Waals surface area (Å²) in [6.45, 7) is 1.01. The van der Waals surface area contributed by atoms with E-state index in [1.165, 1.54) is 25.3 Å². The fourth-order valence-electron chi connectivity index (χ4n) is 2.52. The summed E-state index contributed by atoms with van der Waals surface area (Å²) in [6, 6.07) is 11.4. The van der Waals surface area contributed by atoms with E-state index >= 15 is 0 Å². The molecule has 30 heavy (non-hydrogen) atoms. The van der Waals surface area contributed by atoms with Crippen molar-refractivity contribution in [3.63, 3.8) is 0 Å². The Kier molecular flexibility index (Phi) is 8.99. The lowest BCUT2D eigenvalue weighted by Gasteiger charge is -2.05. The standard InChI is InChI=1S/C23H26N2O5/c1-30-21-16-18(6-11-20(21)27)8-13-23(29)25-15-3-2-14-24-22(28)12-7-17-4-9-19(26)10-5-17/h4-13,16,26-27H,2-3,14-15H2,1H3,(H,24,28)(H,25,29). The second kappa shape index (κ2) is 12.0. The van der Waals surface area contributed by atoms with Crippen LogP contribution < -0.4 is 15.4 Å². The number of amides is 2. The van der Waals surface area contributed by atoms with Crippen LogP contribution in [0, 0.1) is 0 Å². The predicted octanol–water partition coefficient (Wildman–Crippen LogP) is 2.85. The maximum atomic E-state index is 11.8. The van der Waals surface area contributed by atoms with Gasteiger partial charge in [-0.15, -0.1) is 0 Å². The van der Waals surface area contributed by atoms with Crippen LogP contribution in [0.4, 0.5) is 0 Å². The topological polar surface area (TPSA) is 108 Å². The van der Waals surface area contributed by atoms with Crippen molar-refractivity contribution < 1.29 is 24.5 Å². The maximum absolute atomic E-state index is 11.8. The van der Waals surface area contributed by atoms with Gasteiger partial charge in [-0.3, -0.25) is 9.59 Å². The summed E-state index contributed by atoms with van der Waals surface area (Å²) in [5.74, 6) is 0.154. The van der Waals surface area contributed by atoms with Gasteiger partial charge in [0.15, 0.2) is 11.5 Å². The predicted molar refractivity (Wildman–Crippen MR) is 116 cm³/mol. The fraction of sp³-hybridized carbons (Fsp3) is 0.217. The van der Waals surface area contributed by atoms with Gasteiger partial charge in [-0.1, -0.05) is 18.2 Å². The van der Waals surface area contributed by atoms with E-state index in [1.807, 2.05) is 0 Å². The van der Waals surface area contributed by atoms with E-state index in [4.69, 9.17) is 4.74 Å². The monoisotopic (exact) mass is 410 g/mol. The molecule has 0 atom stereocenters. The number of hydrogen-bond acceptors (Lipinski definition) is 5. The maximum Gasteiger partial charge on any atom is 0.243 e. The fourth-order valence-corrected chi connectivity index (χ4v) is 2.52. The molecule has 2 aromatic carbocycles. The number of nitrogens with one attached hydrogen (secondary N) is 2. The second-order valence-electron chi connectivity index (χ2n) is 6.48. The van der Waals surface area contributed by atoms with Gasteiger partial charge in [0.1, 0.15) is 5.75 Å². The van der Waals surface area contributed by atoms with E-state index in [2.05, 4.69) is 10.6 Å². The zero-order chi connectivity index (χ0) is 21.8. The van der Waals surface area contributed by atoms with Gasteiger partial charge in [-0.05, 0) is 60.4 Å². The number of ether oxygens (including phenoxy) is 1. The van der Waals surface area contributed by atoms with Gasteiger partial charge in [-0.25, -0.2) is 0 Å². The van der Waals surface area contributed by atoms with Crippen LogP contribution in [0.2, 0.25) is 0 Å². The van der Waals surface area contributed by atoms with Crippen LogP contribution >= 0.6 is 0 Å². The van der Waals surface area contributed by atoms with E-state index in [1.54, 1.807) is 48.6 Å². The molecule has 0 bridgehead atoms. The third kappa shape index (κ3) is 8.10. The van der Waals surface area contributed by atoms with Crippen molar-refractivity contribution in [3.05, 3.63) is 65.7 Å². The molecule has 7 heteroatoms. The molecule has 0 aliphatic rings. The number of aromatic hydroxyl groups is 2. The molecule has 2 amide bonds. The summed E-state index contributed by atoms with van der Waals surface area (Å²) in [7, 11) is 1.46. The molecule has 0 spiro atoms. The number of phenols is 2. The molecule has 0 aromatic heterocycles. The SMILES string of the molecule is COc1cc(C=CC(=O)NCCCCNC(=O)C=Cc2ccc(O)cc2)ccc1O. The third-order valence-electron chi connectivity index (χ3n) is 4.15. The highest BCUT2D eigenvalue weighted by Crippen LogP contribution is 2.26. The van der Waals surface area contributed by atoms with Crippen LogP contribution in [-0.2, 0) is 9.59 Å². The first-order valence-corrected chi connectivity index (χ1v) is 9.56. The summed E-state index contributed by atoms with van der Waals surface area (Å²) in [5.41, 5.74) is 1.56. The minimum atomic E-state index is -0.220. The van der Waals surface area contributed by atoms with Gasteiger partial charge in [-0.2, -0.15) is 0 Å². The van der Waals surface area contributed by atoms with Gasteiger partial charge < -0.3 is 25.6 Å². The van der Waals surface area contributed by atoms with Crippen molar-refractivity contribution in [1.82, 2.24) is 10.6 Å². The van der Waals surface area contributed by atoms with Crippen molar-refractivity contribution in [1.29, 1.82) is 0 Å². The molecule has 7 nitrogen and oxygen atoms in total. The summed E-state index contributed by atoms with van der Waals surface area (Å²) >= 11 is 0. The van der Waals surface area contributed by atoms with Crippen molar-refractivity contribution in [2.45, 2.75) is 12.8 Å². The molecule has 4 N–H and O–H groups in total. The number of phenolic OH excluding ortho intramolecular Hbond substituents is 2. The van der Waals surface area contributed by atoms with Crippen molar-refractivity contribution in [3.8, 4) is 17.2 Å². The zero-order valence-electron chi connectivity index (χ0n) is 16.8. The van der Waals surface area contributed by atoms with E-state index < -0.39 is 0 Å². The Labute approximate surface area is 175 Å². The number of methoxy groups -OCH3 is 1. The lowest BCUT2D eigenvalue weighted by molar-refractivity contribution is -0.117. The quantitative estimate of drug-likeness (QED) is 0.356.